The summed E-state index contributed by atoms with van der Waals surface area (Å²) in [4.78, 5) is 22.4. The maximum absolute atomic E-state index is 11.1. The summed E-state index contributed by atoms with van der Waals surface area (Å²) in [6, 6.07) is 15.8. The highest BCUT2D eigenvalue weighted by Crippen LogP contribution is 2.34. The zero-order chi connectivity index (χ0) is 16.3. The number of hydrogen-bond donors (Lipinski definition) is 1. The molecule has 0 aliphatic rings. The summed E-state index contributed by atoms with van der Waals surface area (Å²) in [7, 11) is 0. The lowest BCUT2D eigenvalue weighted by Crippen LogP contribution is -1.94. The van der Waals surface area contributed by atoms with Crippen molar-refractivity contribution in [3.8, 4) is 0 Å². The highest BCUT2D eigenvalue weighted by atomic mass is 16.6. The van der Waals surface area contributed by atoms with Gasteiger partial charge in [0.2, 0.25) is 0 Å². The summed E-state index contributed by atoms with van der Waals surface area (Å²) < 4.78 is 0. The van der Waals surface area contributed by atoms with Crippen LogP contribution < -0.4 is 0 Å². The minimum atomic E-state index is -0.473. The second kappa shape index (κ2) is 4.48. The van der Waals surface area contributed by atoms with Crippen LogP contribution in [0.15, 0.2) is 54.7 Å². The van der Waals surface area contributed by atoms with E-state index < -0.39 is 4.92 Å². The molecule has 6 heteroatoms. The number of nitro groups is 1. The molecule has 0 unspecified atom stereocenters. The number of nitrogens with one attached hydrogen (secondary N) is 1. The Morgan fingerprint density at radius 1 is 0.958 bits per heavy atom. The summed E-state index contributed by atoms with van der Waals surface area (Å²) in [5.41, 5.74) is 3.01. The van der Waals surface area contributed by atoms with Gasteiger partial charge in [0, 0.05) is 10.8 Å². The van der Waals surface area contributed by atoms with Crippen molar-refractivity contribution in [2.75, 3.05) is 0 Å². The first-order valence-corrected chi connectivity index (χ1v) is 7.46. The smallest absolute Gasteiger partial charge is 0.339 e. The van der Waals surface area contributed by atoms with Crippen LogP contribution in [0.1, 0.15) is 0 Å². The summed E-state index contributed by atoms with van der Waals surface area (Å²) in [6.45, 7) is 0. The van der Waals surface area contributed by atoms with Crippen molar-refractivity contribution in [2.45, 2.75) is 0 Å². The summed E-state index contributed by atoms with van der Waals surface area (Å²) in [6.07, 6.45) is 1.24. The van der Waals surface area contributed by atoms with E-state index in [1.807, 2.05) is 48.5 Å². The standard InChI is InChI=1S/C18H10N4O2/c23-22(24)15-9-19-14-8-7-13-16(18(14)21-15)12-6-5-10-3-1-2-4-11(10)17(12)20-13/h1-9,21H. The third-order valence-electron chi connectivity index (χ3n) is 4.34. The van der Waals surface area contributed by atoms with E-state index >= 15 is 0 Å². The Balaban J connectivity index is 2.02. The topological polar surface area (TPSA) is 84.7 Å². The number of aromatic amines is 1. The third kappa shape index (κ3) is 1.65. The normalized spacial score (nSPS) is 11.7. The van der Waals surface area contributed by atoms with Crippen LogP contribution in [0.4, 0.5) is 5.82 Å². The zero-order valence-electron chi connectivity index (χ0n) is 12.4. The lowest BCUT2D eigenvalue weighted by Gasteiger charge is -2.00. The second-order valence-electron chi connectivity index (χ2n) is 5.67. The van der Waals surface area contributed by atoms with Gasteiger partial charge in [0.05, 0.1) is 16.4 Å². The summed E-state index contributed by atoms with van der Waals surface area (Å²) >= 11 is 0. The van der Waals surface area contributed by atoms with Gasteiger partial charge in [-0.1, -0.05) is 36.4 Å². The summed E-state index contributed by atoms with van der Waals surface area (Å²) in [5, 5.41) is 15.1. The van der Waals surface area contributed by atoms with E-state index in [9.17, 15) is 10.1 Å². The van der Waals surface area contributed by atoms with Crippen molar-refractivity contribution < 1.29 is 4.92 Å². The molecule has 5 rings (SSSR count). The molecule has 0 aliphatic heterocycles. The minimum absolute atomic E-state index is 0.134. The van der Waals surface area contributed by atoms with Crippen LogP contribution in [-0.2, 0) is 0 Å². The van der Waals surface area contributed by atoms with Crippen LogP contribution in [-0.4, -0.2) is 19.9 Å². The van der Waals surface area contributed by atoms with E-state index in [1.54, 1.807) is 0 Å². The van der Waals surface area contributed by atoms with Crippen LogP contribution in [0.5, 0.6) is 0 Å². The number of nitrogens with zero attached hydrogens (tertiary/aromatic N) is 3. The van der Waals surface area contributed by atoms with E-state index in [4.69, 9.17) is 4.98 Å². The quantitative estimate of drug-likeness (QED) is 0.369. The fourth-order valence-electron chi connectivity index (χ4n) is 3.26. The van der Waals surface area contributed by atoms with Crippen molar-refractivity contribution in [2.24, 2.45) is 0 Å². The maximum Gasteiger partial charge on any atom is 0.339 e. The van der Waals surface area contributed by atoms with Crippen LogP contribution in [0.2, 0.25) is 0 Å². The Hall–Kier alpha value is -3.54. The molecule has 0 bridgehead atoms. The summed E-state index contributed by atoms with van der Waals surface area (Å²) in [5.74, 6) is -0.134. The largest absolute Gasteiger partial charge is 0.358 e. The zero-order valence-corrected chi connectivity index (χ0v) is 12.4. The van der Waals surface area contributed by atoms with Crippen LogP contribution in [0.3, 0.4) is 0 Å². The van der Waals surface area contributed by atoms with Gasteiger partial charge in [0.1, 0.15) is 11.7 Å². The highest BCUT2D eigenvalue weighted by molar-refractivity contribution is 6.23. The average molecular weight is 314 g/mol. The van der Waals surface area contributed by atoms with E-state index in [0.717, 1.165) is 32.6 Å². The van der Waals surface area contributed by atoms with E-state index in [2.05, 4.69) is 9.97 Å². The van der Waals surface area contributed by atoms with Crippen molar-refractivity contribution in [1.29, 1.82) is 0 Å². The molecule has 6 nitrogen and oxygen atoms in total. The van der Waals surface area contributed by atoms with Gasteiger partial charge in [0.15, 0.2) is 5.52 Å². The number of fused-ring (bicyclic) bond motifs is 7. The molecular formula is C18H10N4O2. The predicted molar refractivity (Wildman–Crippen MR) is 93.1 cm³/mol. The fraction of sp³-hybridized carbons (Fsp3) is 0. The van der Waals surface area contributed by atoms with Crippen LogP contribution in [0.25, 0.3) is 43.6 Å². The number of rotatable bonds is 1. The molecule has 0 radical (unpaired) electrons. The highest BCUT2D eigenvalue weighted by Gasteiger charge is 2.16. The van der Waals surface area contributed by atoms with E-state index in [-0.39, 0.29) is 5.82 Å². The van der Waals surface area contributed by atoms with Crippen molar-refractivity contribution in [1.82, 2.24) is 15.0 Å². The van der Waals surface area contributed by atoms with Crippen LogP contribution >= 0.6 is 0 Å². The molecule has 0 saturated heterocycles. The van der Waals surface area contributed by atoms with Gasteiger partial charge in [-0.25, -0.2) is 15.0 Å². The van der Waals surface area contributed by atoms with Gasteiger partial charge in [-0.05, 0) is 22.4 Å². The van der Waals surface area contributed by atoms with Gasteiger partial charge in [0.25, 0.3) is 0 Å². The van der Waals surface area contributed by atoms with Gasteiger partial charge in [-0.15, -0.1) is 0 Å². The molecule has 0 atom stereocenters. The van der Waals surface area contributed by atoms with Gasteiger partial charge < -0.3 is 10.1 Å². The van der Waals surface area contributed by atoms with Crippen LogP contribution in [0, 0.1) is 10.1 Å². The molecule has 5 aromatic rings. The molecule has 1 N–H and O–H groups in total. The average Bonchev–Trinajstić information content (AvgIpc) is 3.00. The molecule has 0 saturated carbocycles. The molecule has 0 fully saturated rings. The number of hydrogen-bond acceptors (Lipinski definition) is 4. The lowest BCUT2D eigenvalue weighted by molar-refractivity contribution is -0.389. The minimum Gasteiger partial charge on any atom is -0.358 e. The Morgan fingerprint density at radius 2 is 1.79 bits per heavy atom. The first-order chi connectivity index (χ1) is 11.7. The number of H-pyrrole nitrogens is 1. The first kappa shape index (κ1) is 13.0. The van der Waals surface area contributed by atoms with Crippen molar-refractivity contribution in [3.05, 3.63) is 64.8 Å². The fourth-order valence-corrected chi connectivity index (χ4v) is 3.26. The van der Waals surface area contributed by atoms with E-state index in [1.165, 1.54) is 6.20 Å². The van der Waals surface area contributed by atoms with Crippen molar-refractivity contribution >= 4 is 49.4 Å². The Kier molecular flexibility index (Phi) is 2.42. The Morgan fingerprint density at radius 3 is 2.67 bits per heavy atom. The van der Waals surface area contributed by atoms with E-state index in [0.29, 0.717) is 11.0 Å². The van der Waals surface area contributed by atoms with Gasteiger partial charge >= 0.3 is 5.82 Å². The molecule has 0 aliphatic carbocycles. The third-order valence-corrected chi connectivity index (χ3v) is 4.34. The molecule has 2 heterocycles. The predicted octanol–water partition coefficient (Wildman–Crippen LogP) is 4.33. The Bertz CT molecular complexity index is 1290. The lowest BCUT2D eigenvalue weighted by atomic mass is 10.1. The maximum atomic E-state index is 11.1. The number of aromatic nitrogens is 3. The van der Waals surface area contributed by atoms with Crippen molar-refractivity contribution in [3.63, 3.8) is 0 Å². The molecule has 24 heavy (non-hydrogen) atoms. The number of benzene rings is 3. The van der Waals surface area contributed by atoms with Gasteiger partial charge in [-0.3, -0.25) is 0 Å². The molecule has 0 amide bonds. The molecule has 2 aromatic heterocycles. The Labute approximate surface area is 134 Å². The molecule has 3 aromatic carbocycles. The monoisotopic (exact) mass is 314 g/mol. The molecule has 114 valence electrons. The van der Waals surface area contributed by atoms with Gasteiger partial charge in [-0.2, -0.15) is 0 Å². The molecule has 0 spiro atoms. The molecular weight excluding hydrogens is 304 g/mol. The first-order valence-electron chi connectivity index (χ1n) is 7.46. The SMILES string of the molecule is O=[N+]([O-])c1cnc2ccc3nc4c5ccccc5ccc4c3c2[nH]1. The second-order valence-corrected chi connectivity index (χ2v) is 5.67.